The molecule has 0 atom stereocenters. The summed E-state index contributed by atoms with van der Waals surface area (Å²) in [7, 11) is 0. The average Bonchev–Trinajstić information content (AvgIpc) is 2.46. The molecule has 0 amide bonds. The van der Waals surface area contributed by atoms with Gasteiger partial charge in [0.05, 0.1) is 11.2 Å². The summed E-state index contributed by atoms with van der Waals surface area (Å²) < 4.78 is 0. The van der Waals surface area contributed by atoms with Crippen LogP contribution >= 0.6 is 11.3 Å². The Morgan fingerprint density at radius 1 is 1.58 bits per heavy atom. The Morgan fingerprint density at radius 2 is 2.50 bits per heavy atom. The van der Waals surface area contributed by atoms with Crippen molar-refractivity contribution >= 4 is 11.3 Å². The number of hydrogen-bond acceptors (Lipinski definition) is 3. The van der Waals surface area contributed by atoms with Gasteiger partial charge < -0.3 is 5.32 Å². The van der Waals surface area contributed by atoms with Crippen LogP contribution in [0.1, 0.15) is 25.0 Å². The van der Waals surface area contributed by atoms with Crippen LogP contribution in [0.2, 0.25) is 0 Å². The standard InChI is InChI=1S/C9H14N2S/c1-2-8(3-1)4-10-5-9-6-12-7-11-9/h6-8,10H,1-5H2. The molecule has 1 aromatic heterocycles. The zero-order valence-electron chi connectivity index (χ0n) is 7.12. The maximum Gasteiger partial charge on any atom is 0.0795 e. The summed E-state index contributed by atoms with van der Waals surface area (Å²) >= 11 is 1.67. The van der Waals surface area contributed by atoms with Crippen molar-refractivity contribution in [2.45, 2.75) is 25.8 Å². The molecular weight excluding hydrogens is 168 g/mol. The summed E-state index contributed by atoms with van der Waals surface area (Å²) in [5, 5.41) is 5.54. The quantitative estimate of drug-likeness (QED) is 0.770. The van der Waals surface area contributed by atoms with E-state index in [0.29, 0.717) is 0 Å². The van der Waals surface area contributed by atoms with Crippen molar-refractivity contribution in [3.63, 3.8) is 0 Å². The lowest BCUT2D eigenvalue weighted by molar-refractivity contribution is 0.301. The lowest BCUT2D eigenvalue weighted by Gasteiger charge is -2.25. The predicted octanol–water partition coefficient (Wildman–Crippen LogP) is 2.03. The van der Waals surface area contributed by atoms with Crippen molar-refractivity contribution in [2.75, 3.05) is 6.54 Å². The van der Waals surface area contributed by atoms with Gasteiger partial charge in [0.2, 0.25) is 0 Å². The van der Waals surface area contributed by atoms with Gasteiger partial charge in [-0.2, -0.15) is 0 Å². The Kier molecular flexibility index (Phi) is 2.74. The highest BCUT2D eigenvalue weighted by Crippen LogP contribution is 2.25. The zero-order chi connectivity index (χ0) is 8.23. The van der Waals surface area contributed by atoms with Crippen molar-refractivity contribution in [1.29, 1.82) is 0 Å². The molecule has 1 aliphatic rings. The first-order valence-electron chi connectivity index (χ1n) is 4.53. The van der Waals surface area contributed by atoms with E-state index in [1.54, 1.807) is 11.3 Å². The maximum absolute atomic E-state index is 4.21. The summed E-state index contributed by atoms with van der Waals surface area (Å²) in [4.78, 5) is 4.21. The van der Waals surface area contributed by atoms with Crippen molar-refractivity contribution in [2.24, 2.45) is 5.92 Å². The van der Waals surface area contributed by atoms with Crippen LogP contribution in [0.15, 0.2) is 10.9 Å². The third-order valence-electron chi connectivity index (χ3n) is 2.45. The summed E-state index contributed by atoms with van der Waals surface area (Å²) in [6, 6.07) is 0. The molecule has 3 heteroatoms. The van der Waals surface area contributed by atoms with Gasteiger partial charge in [-0.05, 0) is 25.3 Å². The minimum absolute atomic E-state index is 0.944. The van der Waals surface area contributed by atoms with Gasteiger partial charge in [-0.1, -0.05) is 6.42 Å². The number of aromatic nitrogens is 1. The smallest absolute Gasteiger partial charge is 0.0795 e. The fourth-order valence-electron chi connectivity index (χ4n) is 1.43. The van der Waals surface area contributed by atoms with E-state index in [2.05, 4.69) is 15.7 Å². The molecular formula is C9H14N2S. The van der Waals surface area contributed by atoms with Crippen LogP contribution in [0.5, 0.6) is 0 Å². The van der Waals surface area contributed by atoms with Crippen LogP contribution in [-0.4, -0.2) is 11.5 Å². The van der Waals surface area contributed by atoms with Crippen LogP contribution in [0.3, 0.4) is 0 Å². The summed E-state index contributed by atoms with van der Waals surface area (Å²) in [6.45, 7) is 2.12. The number of thiazole rings is 1. The van der Waals surface area contributed by atoms with E-state index in [0.717, 1.165) is 12.5 Å². The highest BCUT2D eigenvalue weighted by Gasteiger charge is 2.16. The van der Waals surface area contributed by atoms with Gasteiger partial charge in [0, 0.05) is 11.9 Å². The molecule has 1 saturated carbocycles. The van der Waals surface area contributed by atoms with Crippen molar-refractivity contribution in [3.8, 4) is 0 Å². The van der Waals surface area contributed by atoms with Gasteiger partial charge in [0.25, 0.3) is 0 Å². The Hall–Kier alpha value is -0.410. The minimum atomic E-state index is 0.944. The first-order valence-corrected chi connectivity index (χ1v) is 5.47. The van der Waals surface area contributed by atoms with E-state index in [1.807, 2.05) is 5.51 Å². The second kappa shape index (κ2) is 4.01. The lowest BCUT2D eigenvalue weighted by Crippen LogP contribution is -2.26. The van der Waals surface area contributed by atoms with E-state index in [9.17, 15) is 0 Å². The van der Waals surface area contributed by atoms with E-state index in [4.69, 9.17) is 0 Å². The zero-order valence-corrected chi connectivity index (χ0v) is 7.94. The van der Waals surface area contributed by atoms with E-state index < -0.39 is 0 Å². The molecule has 0 unspecified atom stereocenters. The van der Waals surface area contributed by atoms with Crippen LogP contribution in [0.4, 0.5) is 0 Å². The molecule has 0 bridgehead atoms. The average molecular weight is 182 g/mol. The summed E-state index contributed by atoms with van der Waals surface area (Å²) in [5.74, 6) is 0.948. The minimum Gasteiger partial charge on any atom is -0.311 e. The van der Waals surface area contributed by atoms with Gasteiger partial charge in [0.15, 0.2) is 0 Å². The first kappa shape index (κ1) is 8.20. The highest BCUT2D eigenvalue weighted by atomic mass is 32.1. The lowest BCUT2D eigenvalue weighted by atomic mass is 9.85. The van der Waals surface area contributed by atoms with E-state index >= 15 is 0 Å². The molecule has 1 fully saturated rings. The summed E-state index contributed by atoms with van der Waals surface area (Å²) in [5.41, 5.74) is 3.07. The molecule has 0 saturated heterocycles. The van der Waals surface area contributed by atoms with Gasteiger partial charge in [-0.15, -0.1) is 11.3 Å². The van der Waals surface area contributed by atoms with Gasteiger partial charge in [-0.3, -0.25) is 0 Å². The molecule has 1 aromatic rings. The van der Waals surface area contributed by atoms with Crippen LogP contribution in [0, 0.1) is 5.92 Å². The summed E-state index contributed by atoms with van der Waals surface area (Å²) in [6.07, 6.45) is 4.27. The van der Waals surface area contributed by atoms with Crippen LogP contribution in [-0.2, 0) is 6.54 Å². The number of hydrogen-bond donors (Lipinski definition) is 1. The number of rotatable bonds is 4. The topological polar surface area (TPSA) is 24.9 Å². The first-order chi connectivity index (χ1) is 5.95. The molecule has 2 rings (SSSR count). The fourth-order valence-corrected chi connectivity index (χ4v) is 1.98. The van der Waals surface area contributed by atoms with Crippen LogP contribution in [0.25, 0.3) is 0 Å². The molecule has 66 valence electrons. The Morgan fingerprint density at radius 3 is 3.08 bits per heavy atom. The second-order valence-electron chi connectivity index (χ2n) is 3.41. The highest BCUT2D eigenvalue weighted by molar-refractivity contribution is 7.07. The monoisotopic (exact) mass is 182 g/mol. The molecule has 0 radical (unpaired) electrons. The van der Waals surface area contributed by atoms with E-state index in [1.165, 1.54) is 31.5 Å². The Labute approximate surface area is 77.0 Å². The molecule has 0 spiro atoms. The van der Waals surface area contributed by atoms with Gasteiger partial charge in [0.1, 0.15) is 0 Å². The Balaban J connectivity index is 1.62. The maximum atomic E-state index is 4.21. The number of nitrogens with zero attached hydrogens (tertiary/aromatic N) is 1. The number of nitrogens with one attached hydrogen (secondary N) is 1. The molecule has 1 heterocycles. The molecule has 12 heavy (non-hydrogen) atoms. The van der Waals surface area contributed by atoms with Gasteiger partial charge >= 0.3 is 0 Å². The molecule has 1 N–H and O–H groups in total. The van der Waals surface area contributed by atoms with Crippen molar-refractivity contribution < 1.29 is 0 Å². The van der Waals surface area contributed by atoms with Crippen molar-refractivity contribution in [1.82, 2.24) is 10.3 Å². The predicted molar refractivity (Wildman–Crippen MR) is 51.2 cm³/mol. The molecule has 0 aliphatic heterocycles. The van der Waals surface area contributed by atoms with Gasteiger partial charge in [-0.25, -0.2) is 4.98 Å². The fraction of sp³-hybridized carbons (Fsp3) is 0.667. The third kappa shape index (κ3) is 2.05. The molecule has 1 aliphatic carbocycles. The largest absolute Gasteiger partial charge is 0.311 e. The Bertz CT molecular complexity index is 216. The third-order valence-corrected chi connectivity index (χ3v) is 3.08. The molecule has 0 aromatic carbocycles. The SMILES string of the molecule is c1nc(CNCC2CCC2)cs1. The van der Waals surface area contributed by atoms with E-state index in [-0.39, 0.29) is 0 Å². The van der Waals surface area contributed by atoms with Crippen molar-refractivity contribution in [3.05, 3.63) is 16.6 Å². The molecule has 2 nitrogen and oxygen atoms in total. The van der Waals surface area contributed by atoms with Crippen LogP contribution < -0.4 is 5.32 Å². The normalized spacial score (nSPS) is 17.7. The second-order valence-corrected chi connectivity index (χ2v) is 4.13.